The number of tetrazole rings is 1. The van der Waals surface area contributed by atoms with Gasteiger partial charge in [0.2, 0.25) is 0 Å². The van der Waals surface area contributed by atoms with Gasteiger partial charge in [-0.05, 0) is 60.2 Å². The van der Waals surface area contributed by atoms with Crippen LogP contribution in [0.3, 0.4) is 0 Å². The molecule has 0 saturated carbocycles. The number of ether oxygens (including phenoxy) is 1. The second-order valence-electron chi connectivity index (χ2n) is 7.39. The van der Waals surface area contributed by atoms with Gasteiger partial charge in [-0.2, -0.15) is 22.5 Å². The third kappa shape index (κ3) is 4.47. The molecule has 2 aromatic heterocycles. The molecule has 0 aliphatic carbocycles. The first-order valence-electron chi connectivity index (χ1n) is 9.87. The zero-order valence-corrected chi connectivity index (χ0v) is 18.0. The Morgan fingerprint density at radius 1 is 1.06 bits per heavy atom. The second-order valence-corrected chi connectivity index (χ2v) is 7.39. The lowest BCUT2D eigenvalue weighted by molar-refractivity contribution is -0.139. The number of alkyl halides is 3. The molecule has 0 unspecified atom stereocenters. The molecular weight excluding hydrogens is 437 g/mol. The molecule has 4 aromatic rings. The molecule has 0 saturated heterocycles. The monoisotopic (exact) mass is 456 g/mol. The van der Waals surface area contributed by atoms with Gasteiger partial charge in [0, 0.05) is 30.1 Å². The molecule has 170 valence electrons. The van der Waals surface area contributed by atoms with Crippen LogP contribution in [0.4, 0.5) is 13.2 Å². The van der Waals surface area contributed by atoms with Crippen LogP contribution in [0.25, 0.3) is 17.1 Å². The number of rotatable bonds is 5. The van der Waals surface area contributed by atoms with Crippen LogP contribution in [0.2, 0.25) is 0 Å². The molecule has 2 heterocycles. The van der Waals surface area contributed by atoms with E-state index in [-0.39, 0.29) is 23.7 Å². The van der Waals surface area contributed by atoms with E-state index >= 15 is 0 Å². The minimum atomic E-state index is -4.66. The summed E-state index contributed by atoms with van der Waals surface area (Å²) in [6, 6.07) is 10.5. The second kappa shape index (κ2) is 8.49. The van der Waals surface area contributed by atoms with Crippen LogP contribution in [-0.2, 0) is 19.8 Å². The molecule has 0 spiro atoms. The van der Waals surface area contributed by atoms with Crippen molar-refractivity contribution in [1.82, 2.24) is 29.8 Å². The van der Waals surface area contributed by atoms with E-state index in [1.54, 1.807) is 38.1 Å². The zero-order chi connectivity index (χ0) is 23.8. The number of hydrogen-bond donors (Lipinski definition) is 0. The van der Waals surface area contributed by atoms with E-state index in [0.717, 1.165) is 21.0 Å². The van der Waals surface area contributed by atoms with E-state index in [0.29, 0.717) is 16.9 Å². The first-order chi connectivity index (χ1) is 15.6. The van der Waals surface area contributed by atoms with Crippen molar-refractivity contribution in [3.8, 4) is 22.8 Å². The van der Waals surface area contributed by atoms with Gasteiger partial charge in [0.15, 0.2) is 5.82 Å². The predicted molar refractivity (Wildman–Crippen MR) is 113 cm³/mol. The summed E-state index contributed by atoms with van der Waals surface area (Å²) in [4.78, 5) is 20.5. The number of aryl methyl sites for hydroxylation is 3. The van der Waals surface area contributed by atoms with Crippen molar-refractivity contribution in [3.05, 3.63) is 81.5 Å². The Kier molecular flexibility index (Phi) is 5.71. The molecule has 0 amide bonds. The maximum Gasteiger partial charge on any atom is 0.419 e. The Morgan fingerprint density at radius 3 is 2.52 bits per heavy atom. The van der Waals surface area contributed by atoms with Gasteiger partial charge in [-0.25, -0.2) is 14.8 Å². The van der Waals surface area contributed by atoms with Crippen molar-refractivity contribution >= 4 is 0 Å². The summed E-state index contributed by atoms with van der Waals surface area (Å²) in [6.45, 7) is 3.29. The molecule has 0 aliphatic heterocycles. The van der Waals surface area contributed by atoms with Gasteiger partial charge in [-0.15, -0.1) is 0 Å². The lowest BCUT2D eigenvalue weighted by Crippen LogP contribution is -2.23. The van der Waals surface area contributed by atoms with Gasteiger partial charge in [-0.3, -0.25) is 0 Å². The third-order valence-corrected chi connectivity index (χ3v) is 5.05. The Labute approximate surface area is 186 Å². The topological polar surface area (TPSA) is 87.7 Å². The first kappa shape index (κ1) is 22.2. The molecule has 0 fully saturated rings. The molecule has 8 nitrogen and oxygen atoms in total. The van der Waals surface area contributed by atoms with E-state index in [1.807, 2.05) is 0 Å². The Hall–Kier alpha value is -4.02. The van der Waals surface area contributed by atoms with E-state index < -0.39 is 17.4 Å². The quantitative estimate of drug-likeness (QED) is 0.456. The fourth-order valence-electron chi connectivity index (χ4n) is 3.29. The molecule has 11 heteroatoms. The molecule has 2 aromatic carbocycles. The highest BCUT2D eigenvalue weighted by Crippen LogP contribution is 2.39. The van der Waals surface area contributed by atoms with E-state index in [2.05, 4.69) is 20.4 Å². The smallest absolute Gasteiger partial charge is 0.419 e. The van der Waals surface area contributed by atoms with Gasteiger partial charge in [0.1, 0.15) is 12.4 Å². The molecule has 0 aliphatic rings. The van der Waals surface area contributed by atoms with Gasteiger partial charge < -0.3 is 4.74 Å². The average Bonchev–Trinajstić information content (AvgIpc) is 3.10. The molecule has 0 N–H and O–H groups in total. The minimum Gasteiger partial charge on any atom is -0.488 e. The Morgan fingerprint density at radius 2 is 1.85 bits per heavy atom. The van der Waals surface area contributed by atoms with Crippen LogP contribution in [0.15, 0.2) is 53.5 Å². The first-order valence-corrected chi connectivity index (χ1v) is 9.87. The average molecular weight is 456 g/mol. The van der Waals surface area contributed by atoms with Crippen molar-refractivity contribution in [2.24, 2.45) is 7.05 Å². The Balaban J connectivity index is 1.71. The van der Waals surface area contributed by atoms with Crippen LogP contribution in [0.1, 0.15) is 22.4 Å². The van der Waals surface area contributed by atoms with Crippen molar-refractivity contribution in [2.75, 3.05) is 0 Å². The van der Waals surface area contributed by atoms with Crippen LogP contribution in [-0.4, -0.2) is 29.8 Å². The molecule has 4 rings (SSSR count). The van der Waals surface area contributed by atoms with Gasteiger partial charge in [0.05, 0.1) is 11.3 Å². The van der Waals surface area contributed by atoms with Crippen molar-refractivity contribution < 1.29 is 17.9 Å². The molecule has 0 atom stereocenters. The van der Waals surface area contributed by atoms with Crippen LogP contribution in [0.5, 0.6) is 5.75 Å². The van der Waals surface area contributed by atoms with E-state index in [4.69, 9.17) is 4.74 Å². The van der Waals surface area contributed by atoms with Crippen LogP contribution >= 0.6 is 0 Å². The maximum atomic E-state index is 13.8. The maximum absolute atomic E-state index is 13.8. The van der Waals surface area contributed by atoms with Crippen molar-refractivity contribution in [2.45, 2.75) is 26.6 Å². The summed E-state index contributed by atoms with van der Waals surface area (Å²) in [7, 11) is 1.45. The summed E-state index contributed by atoms with van der Waals surface area (Å²) in [5.74, 6) is -0.158. The zero-order valence-electron chi connectivity index (χ0n) is 18.0. The molecular formula is C22H19F3N6O2. The van der Waals surface area contributed by atoms with Crippen LogP contribution < -0.4 is 10.4 Å². The predicted octanol–water partition coefficient (Wildman–Crippen LogP) is 3.64. The highest BCUT2D eigenvalue weighted by Gasteiger charge is 2.35. The largest absolute Gasteiger partial charge is 0.488 e. The fourth-order valence-corrected chi connectivity index (χ4v) is 3.29. The third-order valence-electron chi connectivity index (χ3n) is 5.05. The highest BCUT2D eigenvalue weighted by molar-refractivity contribution is 5.59. The Bertz CT molecular complexity index is 1380. The summed E-state index contributed by atoms with van der Waals surface area (Å²) in [6.07, 6.45) is -3.17. The van der Waals surface area contributed by atoms with Crippen molar-refractivity contribution in [3.63, 3.8) is 0 Å². The summed E-state index contributed by atoms with van der Waals surface area (Å²) >= 11 is 0. The van der Waals surface area contributed by atoms with E-state index in [1.165, 1.54) is 25.4 Å². The number of halogens is 3. The normalized spacial score (nSPS) is 11.6. The lowest BCUT2D eigenvalue weighted by Gasteiger charge is -2.17. The van der Waals surface area contributed by atoms with Gasteiger partial charge in [-0.1, -0.05) is 12.1 Å². The minimum absolute atomic E-state index is 0.190. The van der Waals surface area contributed by atoms with Crippen LogP contribution in [0, 0.1) is 13.8 Å². The van der Waals surface area contributed by atoms with Crippen molar-refractivity contribution in [1.29, 1.82) is 0 Å². The standard InChI is InChI=1S/C22H19F3N6O2/c1-13-5-4-6-18(31-21(32)30(3)28-29-31)16(13)12-33-19-8-7-15(11-17(19)22(23,24)25)20-26-10-9-14(2)27-20/h4-11H,12H2,1-3H3. The lowest BCUT2D eigenvalue weighted by atomic mass is 10.1. The van der Waals surface area contributed by atoms with E-state index in [9.17, 15) is 18.0 Å². The van der Waals surface area contributed by atoms with Gasteiger partial charge >= 0.3 is 11.9 Å². The summed E-state index contributed by atoms with van der Waals surface area (Å²) in [5.41, 5.74) is 1.05. The fraction of sp³-hybridized carbons (Fsp3) is 0.227. The number of hydrogen-bond acceptors (Lipinski definition) is 6. The summed E-state index contributed by atoms with van der Waals surface area (Å²) in [5, 5.41) is 7.51. The number of nitrogens with zero attached hydrogens (tertiary/aromatic N) is 6. The molecule has 0 bridgehead atoms. The SMILES string of the molecule is Cc1ccnc(-c2ccc(OCc3c(C)cccc3-n3nnn(C)c3=O)c(C(F)(F)F)c2)n1. The number of benzene rings is 2. The molecule has 33 heavy (non-hydrogen) atoms. The highest BCUT2D eigenvalue weighted by atomic mass is 19.4. The molecule has 0 radical (unpaired) electrons. The van der Waals surface area contributed by atoms with Gasteiger partial charge in [0.25, 0.3) is 0 Å². The summed E-state index contributed by atoms with van der Waals surface area (Å²) < 4.78 is 49.3. The number of aromatic nitrogens is 6.